The van der Waals surface area contributed by atoms with Crippen LogP contribution in [0, 0.1) is 6.92 Å². The summed E-state index contributed by atoms with van der Waals surface area (Å²) >= 11 is 0. The third-order valence-electron chi connectivity index (χ3n) is 4.40. The van der Waals surface area contributed by atoms with Gasteiger partial charge < -0.3 is 20.1 Å². The molecule has 0 spiro atoms. The highest BCUT2D eigenvalue weighted by molar-refractivity contribution is 5.93. The number of amides is 1. The Labute approximate surface area is 147 Å². The summed E-state index contributed by atoms with van der Waals surface area (Å²) in [4.78, 5) is 19.2. The Morgan fingerprint density at radius 2 is 2.16 bits per heavy atom. The highest BCUT2D eigenvalue weighted by Gasteiger charge is 2.18. The van der Waals surface area contributed by atoms with Crippen LogP contribution >= 0.6 is 0 Å². The summed E-state index contributed by atoms with van der Waals surface area (Å²) in [5.41, 5.74) is 1.06. The molecule has 134 valence electrons. The fourth-order valence-corrected chi connectivity index (χ4v) is 2.96. The number of aromatic nitrogens is 2. The maximum Gasteiger partial charge on any atom is 0.242 e. The molecule has 2 N–H and O–H groups in total. The molecule has 0 aromatic carbocycles. The lowest BCUT2D eigenvalue weighted by Gasteiger charge is -2.18. The number of nitrogens with one attached hydrogen (secondary N) is 2. The molecule has 1 saturated heterocycles. The van der Waals surface area contributed by atoms with E-state index in [0.29, 0.717) is 24.5 Å². The predicted molar refractivity (Wildman–Crippen MR) is 96.5 cm³/mol. The number of nitrogens with zero attached hydrogens (tertiary/aromatic N) is 3. The molecule has 7 nitrogen and oxygen atoms in total. The highest BCUT2D eigenvalue weighted by Crippen LogP contribution is 2.17. The Kier molecular flexibility index (Phi) is 5.65. The molecule has 0 radical (unpaired) electrons. The Morgan fingerprint density at radius 1 is 1.36 bits per heavy atom. The lowest BCUT2D eigenvalue weighted by Crippen LogP contribution is -2.39. The first-order valence-electron chi connectivity index (χ1n) is 8.83. The van der Waals surface area contributed by atoms with Crippen molar-refractivity contribution in [2.24, 2.45) is 0 Å². The summed E-state index contributed by atoms with van der Waals surface area (Å²) in [5.74, 6) is 2.03. The Hall–Kier alpha value is -2.41. The van der Waals surface area contributed by atoms with Crippen molar-refractivity contribution in [2.75, 3.05) is 23.3 Å². The van der Waals surface area contributed by atoms with E-state index < -0.39 is 0 Å². The molecule has 1 unspecified atom stereocenters. The first kappa shape index (κ1) is 17.4. The average molecular weight is 343 g/mol. The van der Waals surface area contributed by atoms with E-state index in [1.165, 1.54) is 12.8 Å². The molecule has 1 amide bonds. The van der Waals surface area contributed by atoms with E-state index in [1.807, 2.05) is 13.1 Å². The zero-order valence-electron chi connectivity index (χ0n) is 14.8. The molecule has 0 aliphatic carbocycles. The van der Waals surface area contributed by atoms with Crippen LogP contribution in [0.25, 0.3) is 0 Å². The lowest BCUT2D eigenvalue weighted by atomic mass is 10.2. The van der Waals surface area contributed by atoms with Gasteiger partial charge in [0, 0.05) is 31.9 Å². The van der Waals surface area contributed by atoms with Gasteiger partial charge in [0.25, 0.3) is 0 Å². The lowest BCUT2D eigenvalue weighted by molar-refractivity contribution is -0.118. The summed E-state index contributed by atoms with van der Waals surface area (Å²) in [6.07, 6.45) is 5.04. The van der Waals surface area contributed by atoms with Gasteiger partial charge in [-0.05, 0) is 37.8 Å². The smallest absolute Gasteiger partial charge is 0.242 e. The summed E-state index contributed by atoms with van der Waals surface area (Å²) in [5, 5.41) is 9.83. The van der Waals surface area contributed by atoms with Crippen LogP contribution in [0.3, 0.4) is 0 Å². The van der Waals surface area contributed by atoms with Crippen LogP contribution in [0.1, 0.15) is 37.5 Å². The van der Waals surface area contributed by atoms with E-state index in [4.69, 9.17) is 4.52 Å². The Balaban J connectivity index is 1.52. The number of hydrogen-bond donors (Lipinski definition) is 2. The maximum atomic E-state index is 12.3. The zero-order chi connectivity index (χ0) is 17.6. The van der Waals surface area contributed by atoms with Crippen LogP contribution in [0.2, 0.25) is 0 Å². The Morgan fingerprint density at radius 3 is 2.76 bits per heavy atom. The molecule has 0 bridgehead atoms. The standard InChI is InChI=1S/C18H25N5O2/c1-3-15(18(24)21-16-10-13(2)25-22-16)19-11-14-6-7-17(20-12-14)23-8-4-5-9-23/h6-7,10,12,15,19H,3-5,8-9,11H2,1-2H3,(H,21,22,24). The van der Waals surface area contributed by atoms with Crippen LogP contribution in [0.4, 0.5) is 11.6 Å². The van der Waals surface area contributed by atoms with Gasteiger partial charge in [-0.3, -0.25) is 4.79 Å². The normalized spacial score (nSPS) is 15.4. The molecule has 3 rings (SSSR count). The second-order valence-corrected chi connectivity index (χ2v) is 6.37. The number of anilines is 2. The number of carbonyl (C=O) groups excluding carboxylic acids is 1. The highest BCUT2D eigenvalue weighted by atomic mass is 16.5. The molecule has 1 fully saturated rings. The SMILES string of the molecule is CCC(NCc1ccc(N2CCCC2)nc1)C(=O)Nc1cc(C)on1. The van der Waals surface area contributed by atoms with Crippen LogP contribution in [-0.2, 0) is 11.3 Å². The number of rotatable bonds is 7. The van der Waals surface area contributed by atoms with E-state index in [0.717, 1.165) is 24.5 Å². The summed E-state index contributed by atoms with van der Waals surface area (Å²) in [7, 11) is 0. The first-order valence-corrected chi connectivity index (χ1v) is 8.83. The molecule has 0 saturated carbocycles. The molecule has 3 heterocycles. The van der Waals surface area contributed by atoms with Gasteiger partial charge in [-0.1, -0.05) is 18.1 Å². The van der Waals surface area contributed by atoms with Gasteiger partial charge in [-0.15, -0.1) is 0 Å². The topological polar surface area (TPSA) is 83.3 Å². The van der Waals surface area contributed by atoms with Gasteiger partial charge in [-0.25, -0.2) is 4.98 Å². The van der Waals surface area contributed by atoms with E-state index in [1.54, 1.807) is 13.0 Å². The number of aryl methyl sites for hydroxylation is 1. The van der Waals surface area contributed by atoms with Gasteiger partial charge in [-0.2, -0.15) is 0 Å². The molecule has 25 heavy (non-hydrogen) atoms. The predicted octanol–water partition coefficient (Wildman–Crippen LogP) is 2.49. The number of carbonyl (C=O) groups is 1. The van der Waals surface area contributed by atoms with Crippen LogP contribution < -0.4 is 15.5 Å². The first-order chi connectivity index (χ1) is 12.2. The van der Waals surface area contributed by atoms with E-state index >= 15 is 0 Å². The third kappa shape index (κ3) is 4.57. The molecule has 2 aromatic rings. The molecule has 1 aliphatic rings. The van der Waals surface area contributed by atoms with Gasteiger partial charge >= 0.3 is 0 Å². The second kappa shape index (κ2) is 8.11. The molecular weight excluding hydrogens is 318 g/mol. The zero-order valence-corrected chi connectivity index (χ0v) is 14.8. The number of pyridine rings is 1. The molecule has 1 aliphatic heterocycles. The van der Waals surface area contributed by atoms with Crippen molar-refractivity contribution < 1.29 is 9.32 Å². The number of hydrogen-bond acceptors (Lipinski definition) is 6. The van der Waals surface area contributed by atoms with Crippen LogP contribution in [0.15, 0.2) is 28.9 Å². The van der Waals surface area contributed by atoms with Crippen molar-refractivity contribution >= 4 is 17.5 Å². The van der Waals surface area contributed by atoms with Crippen molar-refractivity contribution in [1.82, 2.24) is 15.5 Å². The van der Waals surface area contributed by atoms with Crippen molar-refractivity contribution in [3.63, 3.8) is 0 Å². The Bertz CT molecular complexity index is 692. The largest absolute Gasteiger partial charge is 0.360 e. The third-order valence-corrected chi connectivity index (χ3v) is 4.40. The van der Waals surface area contributed by atoms with Crippen LogP contribution in [0.5, 0.6) is 0 Å². The minimum absolute atomic E-state index is 0.113. The fourth-order valence-electron chi connectivity index (χ4n) is 2.96. The maximum absolute atomic E-state index is 12.3. The van der Waals surface area contributed by atoms with Crippen LogP contribution in [-0.4, -0.2) is 35.2 Å². The van der Waals surface area contributed by atoms with Crippen molar-refractivity contribution in [3.8, 4) is 0 Å². The minimum Gasteiger partial charge on any atom is -0.360 e. The fraction of sp³-hybridized carbons (Fsp3) is 0.500. The summed E-state index contributed by atoms with van der Waals surface area (Å²) in [6.45, 7) is 6.53. The minimum atomic E-state index is -0.296. The monoisotopic (exact) mass is 343 g/mol. The quantitative estimate of drug-likeness (QED) is 0.804. The second-order valence-electron chi connectivity index (χ2n) is 6.37. The van der Waals surface area contributed by atoms with Gasteiger partial charge in [0.1, 0.15) is 11.6 Å². The van der Waals surface area contributed by atoms with Gasteiger partial charge in [0.05, 0.1) is 6.04 Å². The average Bonchev–Trinajstić information content (AvgIpc) is 3.28. The van der Waals surface area contributed by atoms with Gasteiger partial charge in [0.2, 0.25) is 5.91 Å². The van der Waals surface area contributed by atoms with E-state index in [9.17, 15) is 4.79 Å². The van der Waals surface area contributed by atoms with E-state index in [2.05, 4.69) is 37.8 Å². The molecule has 2 aromatic heterocycles. The molecular formula is C18H25N5O2. The molecule has 1 atom stereocenters. The van der Waals surface area contributed by atoms with Crippen molar-refractivity contribution in [2.45, 2.75) is 45.7 Å². The van der Waals surface area contributed by atoms with Crippen molar-refractivity contribution in [1.29, 1.82) is 0 Å². The summed E-state index contributed by atoms with van der Waals surface area (Å²) < 4.78 is 4.96. The summed E-state index contributed by atoms with van der Waals surface area (Å²) in [6, 6.07) is 5.53. The van der Waals surface area contributed by atoms with E-state index in [-0.39, 0.29) is 11.9 Å². The van der Waals surface area contributed by atoms with Gasteiger partial charge in [0.15, 0.2) is 5.82 Å². The molecule has 7 heteroatoms. The van der Waals surface area contributed by atoms with Crippen molar-refractivity contribution in [3.05, 3.63) is 35.7 Å².